The van der Waals surface area contributed by atoms with E-state index in [-0.39, 0.29) is 0 Å². The monoisotopic (exact) mass is 213 g/mol. The van der Waals surface area contributed by atoms with Crippen LogP contribution >= 0.6 is 0 Å². The zero-order valence-electron chi connectivity index (χ0n) is 11.0. The van der Waals surface area contributed by atoms with Crippen LogP contribution in [-0.2, 0) is 4.74 Å². The fraction of sp³-hybridized carbons (Fsp3) is 1.00. The van der Waals surface area contributed by atoms with E-state index in [0.29, 0.717) is 23.5 Å². The molecular formula is C13H27NO. The van der Waals surface area contributed by atoms with Crippen LogP contribution in [0.15, 0.2) is 0 Å². The quantitative estimate of drug-likeness (QED) is 0.758. The van der Waals surface area contributed by atoms with Gasteiger partial charge >= 0.3 is 0 Å². The van der Waals surface area contributed by atoms with E-state index < -0.39 is 0 Å². The highest BCUT2D eigenvalue weighted by Gasteiger charge is 2.34. The summed E-state index contributed by atoms with van der Waals surface area (Å²) in [5.41, 5.74) is 0.365. The molecular weight excluding hydrogens is 186 g/mol. The molecule has 0 aromatic heterocycles. The summed E-state index contributed by atoms with van der Waals surface area (Å²) < 4.78 is 5.93. The molecule has 3 unspecified atom stereocenters. The maximum Gasteiger partial charge on any atom is 0.0585 e. The van der Waals surface area contributed by atoms with Crippen LogP contribution in [0.1, 0.15) is 47.0 Å². The predicted molar refractivity (Wildman–Crippen MR) is 65.1 cm³/mol. The minimum Gasteiger partial charge on any atom is -0.375 e. The van der Waals surface area contributed by atoms with Crippen LogP contribution < -0.4 is 5.32 Å². The van der Waals surface area contributed by atoms with Gasteiger partial charge in [0.2, 0.25) is 0 Å². The topological polar surface area (TPSA) is 21.3 Å². The van der Waals surface area contributed by atoms with Gasteiger partial charge in [-0.05, 0) is 44.6 Å². The van der Waals surface area contributed by atoms with Gasteiger partial charge in [-0.1, -0.05) is 20.8 Å². The van der Waals surface area contributed by atoms with Gasteiger partial charge in [-0.25, -0.2) is 0 Å². The molecule has 1 aliphatic heterocycles. The Labute approximate surface area is 94.8 Å². The number of hydrogen-bond acceptors (Lipinski definition) is 2. The summed E-state index contributed by atoms with van der Waals surface area (Å²) in [4.78, 5) is 0. The molecule has 1 heterocycles. The van der Waals surface area contributed by atoms with E-state index in [1.54, 1.807) is 0 Å². The number of hydrogen-bond donors (Lipinski definition) is 1. The minimum atomic E-state index is 0.365. The lowest BCUT2D eigenvalue weighted by molar-refractivity contribution is 0.0142. The normalized spacial score (nSPS) is 30.8. The molecule has 3 atom stereocenters. The number of ether oxygens (including phenoxy) is 1. The molecule has 0 spiro atoms. The third-order valence-electron chi connectivity index (χ3n) is 3.99. The summed E-state index contributed by atoms with van der Waals surface area (Å²) in [5, 5.41) is 3.32. The molecule has 1 saturated heterocycles. The minimum absolute atomic E-state index is 0.365. The number of rotatable bonds is 5. The molecule has 0 amide bonds. The van der Waals surface area contributed by atoms with Crippen LogP contribution in [-0.4, -0.2) is 25.8 Å². The Hall–Kier alpha value is -0.0800. The molecule has 90 valence electrons. The van der Waals surface area contributed by atoms with Gasteiger partial charge in [0.05, 0.1) is 12.2 Å². The first-order valence-electron chi connectivity index (χ1n) is 6.28. The van der Waals surface area contributed by atoms with Crippen LogP contribution in [0, 0.1) is 11.3 Å². The molecule has 0 saturated carbocycles. The van der Waals surface area contributed by atoms with Crippen molar-refractivity contribution < 1.29 is 4.74 Å². The summed E-state index contributed by atoms with van der Waals surface area (Å²) in [6.45, 7) is 10.3. The van der Waals surface area contributed by atoms with Crippen molar-refractivity contribution in [2.24, 2.45) is 11.3 Å². The smallest absolute Gasteiger partial charge is 0.0585 e. The Morgan fingerprint density at radius 2 is 2.07 bits per heavy atom. The maximum atomic E-state index is 5.93. The molecule has 1 N–H and O–H groups in total. The van der Waals surface area contributed by atoms with E-state index >= 15 is 0 Å². The molecule has 0 aliphatic carbocycles. The van der Waals surface area contributed by atoms with Gasteiger partial charge in [-0.3, -0.25) is 0 Å². The summed E-state index contributed by atoms with van der Waals surface area (Å²) >= 11 is 0. The van der Waals surface area contributed by atoms with Crippen LogP contribution in [0.25, 0.3) is 0 Å². The van der Waals surface area contributed by atoms with E-state index in [9.17, 15) is 0 Å². The largest absolute Gasteiger partial charge is 0.375 e. The highest BCUT2D eigenvalue weighted by molar-refractivity contribution is 4.85. The summed E-state index contributed by atoms with van der Waals surface area (Å²) in [6, 6.07) is 0. The fourth-order valence-corrected chi connectivity index (χ4v) is 2.47. The van der Waals surface area contributed by atoms with Gasteiger partial charge in [-0.2, -0.15) is 0 Å². The lowest BCUT2D eigenvalue weighted by atomic mass is 9.74. The van der Waals surface area contributed by atoms with Gasteiger partial charge in [0, 0.05) is 6.54 Å². The molecule has 1 fully saturated rings. The predicted octanol–water partition coefficient (Wildman–Crippen LogP) is 2.83. The van der Waals surface area contributed by atoms with Crippen molar-refractivity contribution in [3.63, 3.8) is 0 Å². The van der Waals surface area contributed by atoms with Gasteiger partial charge < -0.3 is 10.1 Å². The summed E-state index contributed by atoms with van der Waals surface area (Å²) in [6.07, 6.45) is 4.63. The third kappa shape index (κ3) is 3.46. The van der Waals surface area contributed by atoms with E-state index in [0.717, 1.165) is 6.54 Å². The highest BCUT2D eigenvalue weighted by atomic mass is 16.5. The van der Waals surface area contributed by atoms with E-state index in [1.807, 2.05) is 7.05 Å². The molecule has 1 rings (SSSR count). The lowest BCUT2D eigenvalue weighted by Crippen LogP contribution is -2.37. The van der Waals surface area contributed by atoms with Crippen LogP contribution in [0.2, 0.25) is 0 Å². The molecule has 2 nitrogen and oxygen atoms in total. The molecule has 1 aliphatic rings. The Morgan fingerprint density at radius 3 is 2.47 bits per heavy atom. The first-order chi connectivity index (χ1) is 6.98. The second kappa shape index (κ2) is 5.31. The van der Waals surface area contributed by atoms with Gasteiger partial charge in [0.15, 0.2) is 0 Å². The average molecular weight is 213 g/mol. The zero-order valence-corrected chi connectivity index (χ0v) is 11.0. The Balaban J connectivity index is 2.51. The van der Waals surface area contributed by atoms with E-state index in [1.165, 1.54) is 19.3 Å². The molecule has 15 heavy (non-hydrogen) atoms. The second-order valence-corrected chi connectivity index (χ2v) is 5.69. The van der Waals surface area contributed by atoms with Gasteiger partial charge in [0.1, 0.15) is 0 Å². The Bertz CT molecular complexity index is 193. The number of nitrogens with one attached hydrogen (secondary N) is 1. The lowest BCUT2D eigenvalue weighted by Gasteiger charge is -2.36. The molecule has 2 heteroatoms. The average Bonchev–Trinajstić information content (AvgIpc) is 2.51. The van der Waals surface area contributed by atoms with Crippen molar-refractivity contribution in [2.75, 3.05) is 13.6 Å². The Kier molecular flexibility index (Phi) is 4.60. The van der Waals surface area contributed by atoms with Crippen LogP contribution in [0.4, 0.5) is 0 Å². The SMILES string of the molecule is CNCC(C)(CC1CCC(C)O1)C(C)C. The molecule has 0 bridgehead atoms. The van der Waals surface area contributed by atoms with Crippen LogP contribution in [0.5, 0.6) is 0 Å². The van der Waals surface area contributed by atoms with Crippen molar-refractivity contribution >= 4 is 0 Å². The highest BCUT2D eigenvalue weighted by Crippen LogP contribution is 2.36. The maximum absolute atomic E-state index is 5.93. The molecule has 0 aromatic carbocycles. The first-order valence-corrected chi connectivity index (χ1v) is 6.28. The molecule has 0 aromatic rings. The Morgan fingerprint density at radius 1 is 1.40 bits per heavy atom. The van der Waals surface area contributed by atoms with E-state index in [2.05, 4.69) is 33.0 Å². The standard InChI is InChI=1S/C13H27NO/c1-10(2)13(4,9-14-5)8-12-7-6-11(3)15-12/h10-12,14H,6-9H2,1-5H3. The second-order valence-electron chi connectivity index (χ2n) is 5.69. The van der Waals surface area contributed by atoms with Crippen LogP contribution in [0.3, 0.4) is 0 Å². The van der Waals surface area contributed by atoms with Gasteiger partial charge in [0.25, 0.3) is 0 Å². The first kappa shape index (κ1) is 13.0. The third-order valence-corrected chi connectivity index (χ3v) is 3.99. The van der Waals surface area contributed by atoms with Crippen molar-refractivity contribution in [3.05, 3.63) is 0 Å². The van der Waals surface area contributed by atoms with Gasteiger partial charge in [-0.15, -0.1) is 0 Å². The zero-order chi connectivity index (χ0) is 11.5. The summed E-state index contributed by atoms with van der Waals surface area (Å²) in [7, 11) is 2.04. The summed E-state index contributed by atoms with van der Waals surface area (Å²) in [5.74, 6) is 0.699. The van der Waals surface area contributed by atoms with Crippen molar-refractivity contribution in [1.29, 1.82) is 0 Å². The van der Waals surface area contributed by atoms with Crippen molar-refractivity contribution in [3.8, 4) is 0 Å². The van der Waals surface area contributed by atoms with Crippen molar-refractivity contribution in [2.45, 2.75) is 59.2 Å². The molecule has 0 radical (unpaired) electrons. The fourth-order valence-electron chi connectivity index (χ4n) is 2.47. The van der Waals surface area contributed by atoms with Crippen molar-refractivity contribution in [1.82, 2.24) is 5.32 Å². The van der Waals surface area contributed by atoms with E-state index in [4.69, 9.17) is 4.74 Å².